The third kappa shape index (κ3) is 2.77. The molecule has 2 nitrogen and oxygen atoms in total. The molecule has 0 saturated heterocycles. The van der Waals surface area contributed by atoms with Crippen molar-refractivity contribution in [3.8, 4) is 0 Å². The Bertz CT molecular complexity index is 500. The highest BCUT2D eigenvalue weighted by atomic mass is 79.9. The van der Waals surface area contributed by atoms with Crippen molar-refractivity contribution in [3.63, 3.8) is 0 Å². The van der Waals surface area contributed by atoms with Gasteiger partial charge in [0.05, 0.1) is 12.2 Å². The third-order valence-corrected chi connectivity index (χ3v) is 2.67. The van der Waals surface area contributed by atoms with Crippen LogP contribution >= 0.6 is 27.5 Å². The van der Waals surface area contributed by atoms with Crippen molar-refractivity contribution in [2.24, 2.45) is 0 Å². The average molecular weight is 305 g/mol. The van der Waals surface area contributed by atoms with Gasteiger partial charge in [-0.15, -0.1) is 0 Å². The van der Waals surface area contributed by atoms with E-state index < -0.39 is 0 Å². The van der Waals surface area contributed by atoms with E-state index in [-0.39, 0.29) is 5.82 Å². The van der Waals surface area contributed by atoms with E-state index in [2.05, 4.69) is 21.2 Å². The number of hydrogen-bond donors (Lipinski definition) is 1. The molecule has 16 heavy (non-hydrogen) atoms. The van der Waals surface area contributed by atoms with E-state index >= 15 is 0 Å². The molecule has 1 heterocycles. The number of hydrogen-bond acceptors (Lipinski definition) is 2. The van der Waals surface area contributed by atoms with Crippen molar-refractivity contribution in [1.82, 2.24) is 0 Å². The Kier molecular flexibility index (Phi) is 3.51. The Morgan fingerprint density at radius 3 is 2.81 bits per heavy atom. The molecule has 0 radical (unpaired) electrons. The van der Waals surface area contributed by atoms with E-state index in [1.165, 1.54) is 18.2 Å². The van der Waals surface area contributed by atoms with Crippen molar-refractivity contribution < 1.29 is 8.81 Å². The lowest BCUT2D eigenvalue weighted by Crippen LogP contribution is -2.00. The van der Waals surface area contributed by atoms with Gasteiger partial charge >= 0.3 is 0 Å². The Hall–Kier alpha value is -1.000. The van der Waals surface area contributed by atoms with Crippen molar-refractivity contribution in [2.75, 3.05) is 5.32 Å². The van der Waals surface area contributed by atoms with Gasteiger partial charge in [-0.3, -0.25) is 0 Å². The second kappa shape index (κ2) is 4.89. The SMILES string of the molecule is Fc1ccc(Cl)cc1NCc1ccc(Br)o1. The van der Waals surface area contributed by atoms with Crippen molar-refractivity contribution in [3.05, 3.63) is 51.6 Å². The monoisotopic (exact) mass is 303 g/mol. The molecular formula is C11H8BrClFNO. The van der Waals surface area contributed by atoms with E-state index in [4.69, 9.17) is 16.0 Å². The van der Waals surface area contributed by atoms with Crippen molar-refractivity contribution >= 4 is 33.2 Å². The molecule has 84 valence electrons. The van der Waals surface area contributed by atoms with Crippen LogP contribution in [0.3, 0.4) is 0 Å². The predicted molar refractivity (Wildman–Crippen MR) is 65.1 cm³/mol. The lowest BCUT2D eigenvalue weighted by Gasteiger charge is -2.05. The van der Waals surface area contributed by atoms with E-state index in [9.17, 15) is 4.39 Å². The smallest absolute Gasteiger partial charge is 0.169 e. The van der Waals surface area contributed by atoms with E-state index in [0.717, 1.165) is 0 Å². The lowest BCUT2D eigenvalue weighted by molar-refractivity contribution is 0.495. The third-order valence-electron chi connectivity index (χ3n) is 2.01. The van der Waals surface area contributed by atoms with Gasteiger partial charge in [-0.25, -0.2) is 4.39 Å². The fraction of sp³-hybridized carbons (Fsp3) is 0.0909. The highest BCUT2D eigenvalue weighted by Gasteiger charge is 2.04. The van der Waals surface area contributed by atoms with Crippen molar-refractivity contribution in [1.29, 1.82) is 0 Å². The predicted octanol–water partition coefficient (Wildman–Crippen LogP) is 4.45. The Morgan fingerprint density at radius 2 is 2.12 bits per heavy atom. The molecule has 2 aromatic rings. The standard InChI is InChI=1S/C11H8BrClFNO/c12-11-4-2-8(16-11)6-15-10-5-7(13)1-3-9(10)14/h1-5,15H,6H2. The summed E-state index contributed by atoms with van der Waals surface area (Å²) >= 11 is 8.96. The van der Waals surface area contributed by atoms with Crippen LogP contribution in [0.4, 0.5) is 10.1 Å². The van der Waals surface area contributed by atoms with Crippen LogP contribution in [-0.4, -0.2) is 0 Å². The molecule has 0 bridgehead atoms. The maximum Gasteiger partial charge on any atom is 0.169 e. The molecule has 5 heteroatoms. The van der Waals surface area contributed by atoms with Crippen LogP contribution in [0, 0.1) is 5.82 Å². The van der Waals surface area contributed by atoms with Crippen LogP contribution in [0.5, 0.6) is 0 Å². The summed E-state index contributed by atoms with van der Waals surface area (Å²) in [6.45, 7) is 0.406. The van der Waals surface area contributed by atoms with Gasteiger partial charge in [0.1, 0.15) is 11.6 Å². The molecule has 0 aliphatic heterocycles. The summed E-state index contributed by atoms with van der Waals surface area (Å²) < 4.78 is 19.2. The molecule has 1 aromatic carbocycles. The zero-order valence-corrected chi connectivity index (χ0v) is 10.5. The summed E-state index contributed by atoms with van der Waals surface area (Å²) in [5, 5.41) is 3.40. The highest BCUT2D eigenvalue weighted by molar-refractivity contribution is 9.10. The normalized spacial score (nSPS) is 10.4. The van der Waals surface area contributed by atoms with Crippen LogP contribution in [-0.2, 0) is 6.54 Å². The fourth-order valence-electron chi connectivity index (χ4n) is 1.26. The highest BCUT2D eigenvalue weighted by Crippen LogP contribution is 2.21. The first-order chi connectivity index (χ1) is 7.65. The van der Waals surface area contributed by atoms with Gasteiger partial charge in [-0.05, 0) is 46.3 Å². The molecule has 0 amide bonds. The molecule has 2 rings (SSSR count). The molecule has 1 N–H and O–H groups in total. The molecule has 0 aliphatic rings. The summed E-state index contributed by atoms with van der Waals surface area (Å²) in [6.07, 6.45) is 0. The van der Waals surface area contributed by atoms with Gasteiger partial charge in [0.2, 0.25) is 0 Å². The first-order valence-corrected chi connectivity index (χ1v) is 5.75. The minimum absolute atomic E-state index is 0.338. The molecule has 0 spiro atoms. The maximum atomic E-state index is 13.3. The first-order valence-electron chi connectivity index (χ1n) is 4.58. The summed E-state index contributed by atoms with van der Waals surface area (Å²) in [5.74, 6) is 0.376. The number of halogens is 3. The second-order valence-electron chi connectivity index (χ2n) is 3.18. The molecule has 0 unspecified atom stereocenters. The number of benzene rings is 1. The number of rotatable bonds is 3. The Labute approximate surface area is 106 Å². The number of furan rings is 1. The van der Waals surface area contributed by atoms with E-state index in [1.54, 1.807) is 12.1 Å². The van der Waals surface area contributed by atoms with Gasteiger partial charge in [0.25, 0.3) is 0 Å². The first kappa shape index (κ1) is 11.5. The molecule has 0 atom stereocenters. The number of anilines is 1. The Morgan fingerprint density at radius 1 is 1.31 bits per heavy atom. The van der Waals surface area contributed by atoms with Gasteiger partial charge < -0.3 is 9.73 Å². The van der Waals surface area contributed by atoms with Crippen molar-refractivity contribution in [2.45, 2.75) is 6.54 Å². The largest absolute Gasteiger partial charge is 0.452 e. The molecule has 1 aromatic heterocycles. The minimum Gasteiger partial charge on any atom is -0.452 e. The summed E-state index contributed by atoms with van der Waals surface area (Å²) in [6, 6.07) is 7.95. The number of nitrogens with one attached hydrogen (secondary N) is 1. The van der Waals surface area contributed by atoms with E-state index in [1.807, 2.05) is 0 Å². The van der Waals surface area contributed by atoms with Gasteiger partial charge in [-0.1, -0.05) is 11.6 Å². The maximum absolute atomic E-state index is 13.3. The minimum atomic E-state index is -0.338. The van der Waals surface area contributed by atoms with Crippen LogP contribution in [0.25, 0.3) is 0 Å². The quantitative estimate of drug-likeness (QED) is 0.906. The van der Waals surface area contributed by atoms with Crippen LogP contribution < -0.4 is 5.32 Å². The lowest BCUT2D eigenvalue weighted by atomic mass is 10.3. The van der Waals surface area contributed by atoms with Gasteiger partial charge in [0.15, 0.2) is 4.67 Å². The zero-order valence-electron chi connectivity index (χ0n) is 8.14. The molecule has 0 fully saturated rings. The second-order valence-corrected chi connectivity index (χ2v) is 4.40. The van der Waals surface area contributed by atoms with Gasteiger partial charge in [-0.2, -0.15) is 0 Å². The topological polar surface area (TPSA) is 25.2 Å². The molecule has 0 aliphatic carbocycles. The summed E-state index contributed by atoms with van der Waals surface area (Å²) in [4.78, 5) is 0. The zero-order chi connectivity index (χ0) is 11.5. The molecule has 0 saturated carbocycles. The summed E-state index contributed by atoms with van der Waals surface area (Å²) in [7, 11) is 0. The van der Waals surface area contributed by atoms with Gasteiger partial charge in [0, 0.05) is 5.02 Å². The summed E-state index contributed by atoms with van der Waals surface area (Å²) in [5.41, 5.74) is 0.361. The van der Waals surface area contributed by atoms with Crippen LogP contribution in [0.1, 0.15) is 5.76 Å². The average Bonchev–Trinajstić information content (AvgIpc) is 2.66. The fourth-order valence-corrected chi connectivity index (χ4v) is 1.77. The van der Waals surface area contributed by atoms with Crippen LogP contribution in [0.15, 0.2) is 39.4 Å². The molecular weight excluding hydrogens is 296 g/mol. The Balaban J connectivity index is 2.07. The van der Waals surface area contributed by atoms with Crippen LogP contribution in [0.2, 0.25) is 5.02 Å². The van der Waals surface area contributed by atoms with E-state index in [0.29, 0.717) is 27.7 Å².